The van der Waals surface area contributed by atoms with Gasteiger partial charge in [-0.1, -0.05) is 26.0 Å². The molecular formula is C21H35IN4O2. The van der Waals surface area contributed by atoms with Gasteiger partial charge in [0.05, 0.1) is 12.6 Å². The zero-order chi connectivity index (χ0) is 19.6. The molecule has 28 heavy (non-hydrogen) atoms. The van der Waals surface area contributed by atoms with Gasteiger partial charge < -0.3 is 20.3 Å². The predicted octanol–water partition coefficient (Wildman–Crippen LogP) is 3.58. The number of likely N-dealkylation sites (tertiary alicyclic amines) is 1. The number of carbonyl (C=O) groups is 1. The van der Waals surface area contributed by atoms with Crippen molar-refractivity contribution >= 4 is 35.8 Å². The maximum absolute atomic E-state index is 12.2. The average Bonchev–Trinajstić information content (AvgIpc) is 3.19. The maximum Gasteiger partial charge on any atom is 0.244 e. The third kappa shape index (κ3) is 8.24. The number of amides is 1. The molecule has 0 saturated carbocycles. The third-order valence-electron chi connectivity index (χ3n) is 4.49. The fourth-order valence-corrected chi connectivity index (χ4v) is 2.94. The van der Waals surface area contributed by atoms with Gasteiger partial charge in [0.15, 0.2) is 5.96 Å². The Labute approximate surface area is 186 Å². The molecule has 0 aromatic heterocycles. The highest BCUT2D eigenvalue weighted by atomic mass is 127. The van der Waals surface area contributed by atoms with Crippen molar-refractivity contribution in [2.24, 2.45) is 10.9 Å². The van der Waals surface area contributed by atoms with Crippen LogP contribution < -0.4 is 15.4 Å². The summed E-state index contributed by atoms with van der Waals surface area (Å²) >= 11 is 0. The van der Waals surface area contributed by atoms with Crippen LogP contribution in [0.1, 0.15) is 52.1 Å². The molecule has 1 saturated heterocycles. The summed E-state index contributed by atoms with van der Waals surface area (Å²) in [6.07, 6.45) is 2.20. The summed E-state index contributed by atoms with van der Waals surface area (Å²) in [7, 11) is 0. The summed E-state index contributed by atoms with van der Waals surface area (Å²) < 4.78 is 5.74. The second-order valence-corrected chi connectivity index (χ2v) is 7.42. The van der Waals surface area contributed by atoms with Gasteiger partial charge in [-0.2, -0.15) is 0 Å². The first-order valence-corrected chi connectivity index (χ1v) is 10.0. The molecule has 0 radical (unpaired) electrons. The van der Waals surface area contributed by atoms with Crippen LogP contribution in [-0.2, 0) is 4.79 Å². The zero-order valence-corrected chi connectivity index (χ0v) is 19.9. The standard InChI is InChI=1S/C21H34N4O2.HI/c1-5-22-21(23-14-20(26)25-12-6-7-13-25)24-17(4)18-8-10-19(11-9-18)27-15-16(2)3;/h8-11,16-17H,5-7,12-15H2,1-4H3,(H2,22,23,24);1H. The van der Waals surface area contributed by atoms with E-state index in [9.17, 15) is 4.79 Å². The topological polar surface area (TPSA) is 66.0 Å². The smallest absolute Gasteiger partial charge is 0.244 e. The molecular weight excluding hydrogens is 467 g/mol. The molecule has 1 aliphatic rings. The molecule has 2 N–H and O–H groups in total. The summed E-state index contributed by atoms with van der Waals surface area (Å²) in [5.74, 6) is 2.16. The lowest BCUT2D eigenvalue weighted by Gasteiger charge is -2.19. The number of halogens is 1. The normalized spacial score (nSPS) is 15.2. The van der Waals surface area contributed by atoms with Gasteiger partial charge >= 0.3 is 0 Å². The molecule has 2 rings (SSSR count). The molecule has 0 spiro atoms. The van der Waals surface area contributed by atoms with Crippen molar-refractivity contribution in [3.8, 4) is 5.75 Å². The van der Waals surface area contributed by atoms with Crippen LogP contribution in [0.25, 0.3) is 0 Å². The number of nitrogens with one attached hydrogen (secondary N) is 2. The van der Waals surface area contributed by atoms with Gasteiger partial charge in [-0.05, 0) is 50.3 Å². The lowest BCUT2D eigenvalue weighted by Crippen LogP contribution is -2.40. The molecule has 1 aliphatic heterocycles. The highest BCUT2D eigenvalue weighted by Crippen LogP contribution is 2.18. The Bertz CT molecular complexity index is 613. The molecule has 7 heteroatoms. The molecule has 1 heterocycles. The number of carbonyl (C=O) groups excluding carboxylic acids is 1. The number of ether oxygens (including phenoxy) is 1. The highest BCUT2D eigenvalue weighted by molar-refractivity contribution is 14.0. The van der Waals surface area contributed by atoms with E-state index in [1.807, 2.05) is 24.0 Å². The number of nitrogens with zero attached hydrogens (tertiary/aromatic N) is 2. The number of aliphatic imine (C=N–C) groups is 1. The minimum Gasteiger partial charge on any atom is -0.493 e. The molecule has 1 atom stereocenters. The van der Waals surface area contributed by atoms with Crippen LogP contribution in [0, 0.1) is 5.92 Å². The number of hydrogen-bond donors (Lipinski definition) is 2. The summed E-state index contributed by atoms with van der Waals surface area (Å²) in [6.45, 7) is 11.7. The number of guanidine groups is 1. The van der Waals surface area contributed by atoms with E-state index in [-0.39, 0.29) is 42.5 Å². The van der Waals surface area contributed by atoms with Gasteiger partial charge in [0, 0.05) is 19.6 Å². The van der Waals surface area contributed by atoms with Gasteiger partial charge in [-0.15, -0.1) is 24.0 Å². The summed E-state index contributed by atoms with van der Waals surface area (Å²) in [6, 6.07) is 8.19. The summed E-state index contributed by atoms with van der Waals surface area (Å²) in [5, 5.41) is 6.59. The van der Waals surface area contributed by atoms with Gasteiger partial charge in [0.25, 0.3) is 0 Å². The van der Waals surface area contributed by atoms with Crippen molar-refractivity contribution in [2.75, 3.05) is 32.8 Å². The molecule has 6 nitrogen and oxygen atoms in total. The number of rotatable bonds is 8. The molecule has 1 unspecified atom stereocenters. The Morgan fingerprint density at radius 2 is 1.82 bits per heavy atom. The Morgan fingerprint density at radius 3 is 2.39 bits per heavy atom. The first-order valence-electron chi connectivity index (χ1n) is 10.0. The van der Waals surface area contributed by atoms with Crippen molar-refractivity contribution in [3.05, 3.63) is 29.8 Å². The zero-order valence-electron chi connectivity index (χ0n) is 17.5. The average molecular weight is 502 g/mol. The van der Waals surface area contributed by atoms with E-state index in [1.165, 1.54) is 0 Å². The van der Waals surface area contributed by atoms with E-state index in [0.717, 1.165) is 50.4 Å². The van der Waals surface area contributed by atoms with Gasteiger partial charge in [-0.25, -0.2) is 4.99 Å². The molecule has 1 aromatic carbocycles. The van der Waals surface area contributed by atoms with Crippen molar-refractivity contribution < 1.29 is 9.53 Å². The van der Waals surface area contributed by atoms with Crippen LogP contribution in [0.2, 0.25) is 0 Å². The molecule has 1 aromatic rings. The minimum atomic E-state index is 0. The minimum absolute atomic E-state index is 0. The van der Waals surface area contributed by atoms with Crippen molar-refractivity contribution in [3.63, 3.8) is 0 Å². The van der Waals surface area contributed by atoms with Gasteiger partial charge in [0.2, 0.25) is 5.91 Å². The van der Waals surface area contributed by atoms with Crippen LogP contribution in [0.15, 0.2) is 29.3 Å². The molecule has 0 aliphatic carbocycles. The summed E-state index contributed by atoms with van der Waals surface area (Å²) in [4.78, 5) is 18.6. The second kappa shape index (κ2) is 12.9. The van der Waals surface area contributed by atoms with Crippen molar-refractivity contribution in [1.29, 1.82) is 0 Å². The van der Waals surface area contributed by atoms with E-state index in [1.54, 1.807) is 0 Å². The van der Waals surface area contributed by atoms with E-state index < -0.39 is 0 Å². The molecule has 0 bridgehead atoms. The maximum atomic E-state index is 12.2. The highest BCUT2D eigenvalue weighted by Gasteiger charge is 2.17. The molecule has 1 fully saturated rings. The SMILES string of the molecule is CCNC(=NCC(=O)N1CCCC1)NC(C)c1ccc(OCC(C)C)cc1.I. The predicted molar refractivity (Wildman–Crippen MR) is 126 cm³/mol. The quantitative estimate of drug-likeness (QED) is 0.324. The Balaban J connectivity index is 0.00000392. The Hall–Kier alpha value is -1.51. The van der Waals surface area contributed by atoms with Crippen molar-refractivity contribution in [2.45, 2.75) is 46.6 Å². The van der Waals surface area contributed by atoms with E-state index >= 15 is 0 Å². The van der Waals surface area contributed by atoms with Gasteiger partial charge in [-0.3, -0.25) is 4.79 Å². The first kappa shape index (κ1) is 24.5. The van der Waals surface area contributed by atoms with Crippen LogP contribution in [0.3, 0.4) is 0 Å². The Kier molecular flexibility index (Phi) is 11.3. The second-order valence-electron chi connectivity index (χ2n) is 7.42. The largest absolute Gasteiger partial charge is 0.493 e. The lowest BCUT2D eigenvalue weighted by atomic mass is 10.1. The molecule has 1 amide bonds. The van der Waals surface area contributed by atoms with Gasteiger partial charge in [0.1, 0.15) is 12.3 Å². The van der Waals surface area contributed by atoms with Crippen LogP contribution in [0.5, 0.6) is 5.75 Å². The summed E-state index contributed by atoms with van der Waals surface area (Å²) in [5.41, 5.74) is 1.14. The number of hydrogen-bond acceptors (Lipinski definition) is 3. The fourth-order valence-electron chi connectivity index (χ4n) is 2.94. The van der Waals surface area contributed by atoms with E-state index in [0.29, 0.717) is 11.9 Å². The van der Waals surface area contributed by atoms with Crippen LogP contribution in [0.4, 0.5) is 0 Å². The fraction of sp³-hybridized carbons (Fsp3) is 0.619. The monoisotopic (exact) mass is 502 g/mol. The Morgan fingerprint density at radius 1 is 1.18 bits per heavy atom. The lowest BCUT2D eigenvalue weighted by molar-refractivity contribution is -0.128. The van der Waals surface area contributed by atoms with E-state index in [2.05, 4.69) is 48.5 Å². The first-order chi connectivity index (χ1) is 13.0. The number of benzene rings is 1. The van der Waals surface area contributed by atoms with E-state index in [4.69, 9.17) is 4.74 Å². The van der Waals surface area contributed by atoms with Crippen molar-refractivity contribution in [1.82, 2.24) is 15.5 Å². The third-order valence-corrected chi connectivity index (χ3v) is 4.49. The molecule has 158 valence electrons. The van der Waals surface area contributed by atoms with Crippen LogP contribution >= 0.6 is 24.0 Å². The van der Waals surface area contributed by atoms with Crippen LogP contribution in [-0.4, -0.2) is 49.6 Å².